The fourth-order valence-electron chi connectivity index (χ4n) is 3.34. The predicted molar refractivity (Wildman–Crippen MR) is 83.7 cm³/mol. The molecule has 0 saturated carbocycles. The summed E-state index contributed by atoms with van der Waals surface area (Å²) >= 11 is 0. The normalized spacial score (nSPS) is 21.4. The van der Waals surface area contributed by atoms with Crippen molar-refractivity contribution in [2.75, 3.05) is 33.4 Å². The van der Waals surface area contributed by atoms with Crippen LogP contribution in [0, 0.1) is 11.6 Å². The molecule has 2 saturated heterocycles. The van der Waals surface area contributed by atoms with E-state index in [4.69, 9.17) is 9.47 Å². The number of hydrogen-bond acceptors (Lipinski definition) is 4. The third kappa shape index (κ3) is 3.52. The van der Waals surface area contributed by atoms with Gasteiger partial charge in [-0.15, -0.1) is 0 Å². The average molecular weight is 340 g/mol. The summed E-state index contributed by atoms with van der Waals surface area (Å²) in [6.45, 7) is 2.61. The fourth-order valence-corrected chi connectivity index (χ4v) is 3.34. The van der Waals surface area contributed by atoms with Crippen molar-refractivity contribution in [1.82, 2.24) is 10.2 Å². The Kier molecular flexibility index (Phi) is 5.01. The number of likely N-dealkylation sites (tertiary alicyclic amines) is 1. The molecule has 0 atom stereocenters. The third-order valence-electron chi connectivity index (χ3n) is 4.87. The van der Waals surface area contributed by atoms with E-state index < -0.39 is 11.6 Å². The smallest absolute Gasteiger partial charge is 0.222 e. The number of carbonyl (C=O) groups excluding carboxylic acids is 1. The summed E-state index contributed by atoms with van der Waals surface area (Å²) in [6, 6.07) is 2.52. The first-order valence-electron chi connectivity index (χ1n) is 8.17. The number of rotatable bonds is 3. The molecular formula is C17H22F2N2O3. The number of nitrogens with one attached hydrogen (secondary N) is 1. The summed E-state index contributed by atoms with van der Waals surface area (Å²) in [5.74, 6) is -1.35. The molecule has 1 amide bonds. The van der Waals surface area contributed by atoms with Crippen molar-refractivity contribution < 1.29 is 23.0 Å². The van der Waals surface area contributed by atoms with Gasteiger partial charge in [-0.25, -0.2) is 8.78 Å². The summed E-state index contributed by atoms with van der Waals surface area (Å²) in [7, 11) is 1.45. The minimum atomic E-state index is -0.867. The molecule has 5 nitrogen and oxygen atoms in total. The van der Waals surface area contributed by atoms with Crippen LogP contribution >= 0.6 is 0 Å². The lowest BCUT2D eigenvalue weighted by Crippen LogP contribution is -2.50. The maximum Gasteiger partial charge on any atom is 0.222 e. The summed E-state index contributed by atoms with van der Waals surface area (Å²) in [5.41, 5.74) is -0.101. The molecule has 3 rings (SSSR count). The molecule has 1 spiro atoms. The maximum atomic E-state index is 14.1. The van der Waals surface area contributed by atoms with Gasteiger partial charge in [0.15, 0.2) is 11.6 Å². The molecule has 2 heterocycles. The first-order chi connectivity index (χ1) is 11.5. The Hall–Kier alpha value is -1.73. The van der Waals surface area contributed by atoms with Gasteiger partial charge in [0, 0.05) is 38.2 Å². The monoisotopic (exact) mass is 340 g/mol. The van der Waals surface area contributed by atoms with E-state index in [0.717, 1.165) is 18.9 Å². The summed E-state index contributed by atoms with van der Waals surface area (Å²) in [4.78, 5) is 13.5. The molecule has 24 heavy (non-hydrogen) atoms. The van der Waals surface area contributed by atoms with E-state index in [-0.39, 0.29) is 23.6 Å². The number of methoxy groups -OCH3 is 1. The summed E-state index contributed by atoms with van der Waals surface area (Å²) in [5, 5.41) is 2.89. The molecule has 0 aliphatic carbocycles. The molecule has 2 fully saturated rings. The van der Waals surface area contributed by atoms with Crippen LogP contribution in [-0.4, -0.2) is 49.8 Å². The van der Waals surface area contributed by atoms with Gasteiger partial charge in [0.05, 0.1) is 19.3 Å². The van der Waals surface area contributed by atoms with Gasteiger partial charge < -0.3 is 14.8 Å². The van der Waals surface area contributed by atoms with Crippen molar-refractivity contribution >= 4 is 5.91 Å². The quantitative estimate of drug-likeness (QED) is 0.912. The number of amides is 1. The summed E-state index contributed by atoms with van der Waals surface area (Å²) < 4.78 is 38.7. The van der Waals surface area contributed by atoms with Gasteiger partial charge in [-0.1, -0.05) is 0 Å². The molecule has 2 aliphatic rings. The van der Waals surface area contributed by atoms with Gasteiger partial charge in [-0.3, -0.25) is 9.69 Å². The van der Waals surface area contributed by atoms with Gasteiger partial charge in [0.2, 0.25) is 5.91 Å². The standard InChI is InChI=1S/C17H22F2N2O3/c1-23-14-3-2-13(18)16(19)12(14)10-21-7-5-17(6-8-21)11-20-15(22)4-9-24-17/h2-3H,4-11H2,1H3,(H,20,22). The Morgan fingerprint density at radius 2 is 2.08 bits per heavy atom. The van der Waals surface area contributed by atoms with E-state index in [1.807, 2.05) is 0 Å². The number of piperidine rings is 1. The fraction of sp³-hybridized carbons (Fsp3) is 0.588. The maximum absolute atomic E-state index is 14.1. The molecule has 0 radical (unpaired) electrons. The zero-order chi connectivity index (χ0) is 17.2. The topological polar surface area (TPSA) is 50.8 Å². The lowest BCUT2D eigenvalue weighted by Gasteiger charge is -2.40. The van der Waals surface area contributed by atoms with E-state index in [9.17, 15) is 13.6 Å². The van der Waals surface area contributed by atoms with Crippen molar-refractivity contribution in [3.63, 3.8) is 0 Å². The van der Waals surface area contributed by atoms with Gasteiger partial charge in [-0.05, 0) is 25.0 Å². The van der Waals surface area contributed by atoms with Gasteiger partial charge in [0.25, 0.3) is 0 Å². The van der Waals surface area contributed by atoms with Crippen molar-refractivity contribution in [3.05, 3.63) is 29.3 Å². The molecule has 1 N–H and O–H groups in total. The van der Waals surface area contributed by atoms with Gasteiger partial charge >= 0.3 is 0 Å². The number of ether oxygens (including phenoxy) is 2. The van der Waals surface area contributed by atoms with Crippen LogP contribution in [-0.2, 0) is 16.1 Å². The molecular weight excluding hydrogens is 318 g/mol. The van der Waals surface area contributed by atoms with Crippen LogP contribution in [0.5, 0.6) is 5.75 Å². The van der Waals surface area contributed by atoms with Crippen molar-refractivity contribution in [2.45, 2.75) is 31.4 Å². The van der Waals surface area contributed by atoms with Crippen LogP contribution in [0.2, 0.25) is 0 Å². The first-order valence-corrected chi connectivity index (χ1v) is 8.17. The van der Waals surface area contributed by atoms with Crippen LogP contribution < -0.4 is 10.1 Å². The second kappa shape index (κ2) is 7.03. The van der Waals surface area contributed by atoms with E-state index in [2.05, 4.69) is 10.2 Å². The molecule has 132 valence electrons. The Morgan fingerprint density at radius 3 is 2.79 bits per heavy atom. The molecule has 0 unspecified atom stereocenters. The lowest BCUT2D eigenvalue weighted by atomic mass is 9.90. The van der Waals surface area contributed by atoms with Gasteiger partial charge in [-0.2, -0.15) is 0 Å². The minimum absolute atomic E-state index is 0.0147. The zero-order valence-corrected chi connectivity index (χ0v) is 13.7. The SMILES string of the molecule is COc1ccc(F)c(F)c1CN1CCC2(CC1)CNC(=O)CCO2. The Labute approximate surface area is 139 Å². The highest BCUT2D eigenvalue weighted by Gasteiger charge is 2.37. The highest BCUT2D eigenvalue weighted by molar-refractivity contribution is 5.76. The van der Waals surface area contributed by atoms with Crippen LogP contribution in [0.15, 0.2) is 12.1 Å². The predicted octanol–water partition coefficient (Wildman–Crippen LogP) is 1.84. The van der Waals surface area contributed by atoms with Gasteiger partial charge in [0.1, 0.15) is 5.75 Å². The molecule has 0 bridgehead atoms. The number of carbonyl (C=O) groups is 1. The highest BCUT2D eigenvalue weighted by Crippen LogP contribution is 2.31. The highest BCUT2D eigenvalue weighted by atomic mass is 19.2. The van der Waals surface area contributed by atoms with Crippen LogP contribution in [0.4, 0.5) is 8.78 Å². The Bertz CT molecular complexity index is 616. The Morgan fingerprint density at radius 1 is 1.33 bits per heavy atom. The van der Waals surface area contributed by atoms with Crippen molar-refractivity contribution in [3.8, 4) is 5.75 Å². The second-order valence-electron chi connectivity index (χ2n) is 6.38. The van der Waals surface area contributed by atoms with Crippen LogP contribution in [0.3, 0.4) is 0 Å². The molecule has 7 heteroatoms. The minimum Gasteiger partial charge on any atom is -0.496 e. The van der Waals surface area contributed by atoms with Crippen molar-refractivity contribution in [1.29, 1.82) is 0 Å². The largest absolute Gasteiger partial charge is 0.496 e. The average Bonchev–Trinajstić information content (AvgIpc) is 2.76. The Balaban J connectivity index is 1.66. The van der Waals surface area contributed by atoms with Crippen molar-refractivity contribution in [2.24, 2.45) is 0 Å². The first kappa shape index (κ1) is 17.1. The van der Waals surface area contributed by atoms with E-state index >= 15 is 0 Å². The van der Waals surface area contributed by atoms with E-state index in [1.54, 1.807) is 0 Å². The number of hydrogen-bond donors (Lipinski definition) is 1. The van der Waals surface area contributed by atoms with E-state index in [1.165, 1.54) is 13.2 Å². The number of nitrogens with zero attached hydrogens (tertiary/aromatic N) is 1. The lowest BCUT2D eigenvalue weighted by molar-refractivity contribution is -0.120. The number of benzene rings is 1. The summed E-state index contributed by atoms with van der Waals surface area (Å²) in [6.07, 6.45) is 1.87. The molecule has 1 aromatic carbocycles. The number of halogens is 2. The van der Waals surface area contributed by atoms with E-state index in [0.29, 0.717) is 38.4 Å². The zero-order valence-electron chi connectivity index (χ0n) is 13.7. The second-order valence-corrected chi connectivity index (χ2v) is 6.38. The van der Waals surface area contributed by atoms with Crippen LogP contribution in [0.25, 0.3) is 0 Å². The molecule has 0 aromatic heterocycles. The molecule has 2 aliphatic heterocycles. The van der Waals surface area contributed by atoms with Crippen LogP contribution in [0.1, 0.15) is 24.8 Å². The third-order valence-corrected chi connectivity index (χ3v) is 4.87. The molecule has 1 aromatic rings.